The van der Waals surface area contributed by atoms with Crippen molar-refractivity contribution in [1.82, 2.24) is 10.3 Å². The molecule has 2 rings (SSSR count). The third-order valence-electron chi connectivity index (χ3n) is 2.75. The van der Waals surface area contributed by atoms with E-state index < -0.39 is 0 Å². The molecule has 0 spiro atoms. The standard InChI is InChI=1S/C13H20N2O/c1-11-2-5-13(15-8-11)9-14-6-7-16-10-12-3-4-12/h2,5,8,12,14H,3-4,6-7,9-10H2,1H3. The molecule has 1 fully saturated rings. The van der Waals surface area contributed by atoms with Crippen LogP contribution >= 0.6 is 0 Å². The minimum atomic E-state index is 0.808. The summed E-state index contributed by atoms with van der Waals surface area (Å²) in [5, 5.41) is 3.33. The van der Waals surface area contributed by atoms with E-state index in [0.717, 1.165) is 37.9 Å². The maximum absolute atomic E-state index is 5.53. The Bertz CT molecular complexity index is 306. The van der Waals surface area contributed by atoms with Gasteiger partial charge in [-0.15, -0.1) is 0 Å². The van der Waals surface area contributed by atoms with Crippen molar-refractivity contribution in [3.63, 3.8) is 0 Å². The van der Waals surface area contributed by atoms with Crippen LogP contribution in [0.1, 0.15) is 24.1 Å². The summed E-state index contributed by atoms with van der Waals surface area (Å²) in [5.74, 6) is 0.860. The van der Waals surface area contributed by atoms with Crippen molar-refractivity contribution in [2.45, 2.75) is 26.3 Å². The average molecular weight is 220 g/mol. The third kappa shape index (κ3) is 4.29. The number of hydrogen-bond donors (Lipinski definition) is 1. The van der Waals surface area contributed by atoms with Crippen LogP contribution in [0.4, 0.5) is 0 Å². The molecule has 0 atom stereocenters. The SMILES string of the molecule is Cc1ccc(CNCCOCC2CC2)nc1. The Morgan fingerprint density at radius 1 is 1.44 bits per heavy atom. The largest absolute Gasteiger partial charge is 0.380 e. The van der Waals surface area contributed by atoms with Gasteiger partial charge in [-0.05, 0) is 37.3 Å². The zero-order chi connectivity index (χ0) is 11.2. The molecule has 16 heavy (non-hydrogen) atoms. The van der Waals surface area contributed by atoms with E-state index in [4.69, 9.17) is 4.74 Å². The van der Waals surface area contributed by atoms with Crippen LogP contribution in [-0.4, -0.2) is 24.7 Å². The first kappa shape index (κ1) is 11.6. The predicted octanol–water partition coefficient (Wildman–Crippen LogP) is 1.91. The summed E-state index contributed by atoms with van der Waals surface area (Å²) in [6.45, 7) is 5.54. The molecule has 1 saturated carbocycles. The van der Waals surface area contributed by atoms with Gasteiger partial charge in [0.15, 0.2) is 0 Å². The molecule has 1 aliphatic rings. The van der Waals surface area contributed by atoms with Crippen molar-refractivity contribution >= 4 is 0 Å². The van der Waals surface area contributed by atoms with Crippen LogP contribution in [0.5, 0.6) is 0 Å². The summed E-state index contributed by atoms with van der Waals surface area (Å²) >= 11 is 0. The lowest BCUT2D eigenvalue weighted by Gasteiger charge is -2.05. The first-order valence-electron chi connectivity index (χ1n) is 6.04. The molecule has 1 aromatic rings. The van der Waals surface area contributed by atoms with Gasteiger partial charge in [-0.2, -0.15) is 0 Å². The summed E-state index contributed by atoms with van der Waals surface area (Å²) in [7, 11) is 0. The maximum Gasteiger partial charge on any atom is 0.0591 e. The summed E-state index contributed by atoms with van der Waals surface area (Å²) in [4.78, 5) is 4.33. The fourth-order valence-electron chi connectivity index (χ4n) is 1.50. The average Bonchev–Trinajstić information content (AvgIpc) is 3.10. The van der Waals surface area contributed by atoms with E-state index in [1.54, 1.807) is 0 Å². The van der Waals surface area contributed by atoms with Crippen LogP contribution in [0.2, 0.25) is 0 Å². The molecule has 3 nitrogen and oxygen atoms in total. The van der Waals surface area contributed by atoms with Crippen molar-refractivity contribution in [2.24, 2.45) is 5.92 Å². The van der Waals surface area contributed by atoms with E-state index >= 15 is 0 Å². The Labute approximate surface area is 97.2 Å². The van der Waals surface area contributed by atoms with Gasteiger partial charge in [0.25, 0.3) is 0 Å². The van der Waals surface area contributed by atoms with Crippen LogP contribution in [-0.2, 0) is 11.3 Å². The summed E-state index contributed by atoms with van der Waals surface area (Å²) in [5.41, 5.74) is 2.30. The Kier molecular flexibility index (Phi) is 4.31. The molecule has 0 aliphatic heterocycles. The maximum atomic E-state index is 5.53. The zero-order valence-corrected chi connectivity index (χ0v) is 9.91. The molecule has 1 aliphatic carbocycles. The zero-order valence-electron chi connectivity index (χ0n) is 9.91. The molecule has 0 amide bonds. The highest BCUT2D eigenvalue weighted by molar-refractivity contribution is 5.11. The minimum Gasteiger partial charge on any atom is -0.380 e. The van der Waals surface area contributed by atoms with E-state index in [-0.39, 0.29) is 0 Å². The van der Waals surface area contributed by atoms with Crippen LogP contribution in [0.3, 0.4) is 0 Å². The van der Waals surface area contributed by atoms with Gasteiger partial charge < -0.3 is 10.1 Å². The van der Waals surface area contributed by atoms with Gasteiger partial charge in [-0.25, -0.2) is 0 Å². The number of ether oxygens (including phenoxy) is 1. The van der Waals surface area contributed by atoms with Crippen LogP contribution in [0.25, 0.3) is 0 Å². The quantitative estimate of drug-likeness (QED) is 0.713. The lowest BCUT2D eigenvalue weighted by Crippen LogP contribution is -2.20. The van der Waals surface area contributed by atoms with Crippen molar-refractivity contribution in [3.8, 4) is 0 Å². The van der Waals surface area contributed by atoms with Crippen LogP contribution < -0.4 is 5.32 Å². The van der Waals surface area contributed by atoms with E-state index in [1.807, 2.05) is 6.20 Å². The van der Waals surface area contributed by atoms with Crippen molar-refractivity contribution in [3.05, 3.63) is 29.6 Å². The molecule has 0 aromatic carbocycles. The molecule has 0 bridgehead atoms. The molecule has 1 aromatic heterocycles. The molecule has 88 valence electrons. The van der Waals surface area contributed by atoms with Gasteiger partial charge in [0.1, 0.15) is 0 Å². The number of pyridine rings is 1. The smallest absolute Gasteiger partial charge is 0.0591 e. The normalized spacial score (nSPS) is 15.3. The molecule has 1 heterocycles. The highest BCUT2D eigenvalue weighted by atomic mass is 16.5. The lowest BCUT2D eigenvalue weighted by atomic mass is 10.3. The third-order valence-corrected chi connectivity index (χ3v) is 2.75. The molecule has 0 radical (unpaired) electrons. The highest BCUT2D eigenvalue weighted by Crippen LogP contribution is 2.28. The molecule has 0 unspecified atom stereocenters. The summed E-state index contributed by atoms with van der Waals surface area (Å²) in [6.07, 6.45) is 4.63. The van der Waals surface area contributed by atoms with E-state index in [1.165, 1.54) is 18.4 Å². The van der Waals surface area contributed by atoms with Crippen LogP contribution in [0.15, 0.2) is 18.3 Å². The number of rotatable bonds is 7. The molecule has 1 N–H and O–H groups in total. The topological polar surface area (TPSA) is 34.1 Å². The van der Waals surface area contributed by atoms with E-state index in [0.29, 0.717) is 0 Å². The van der Waals surface area contributed by atoms with Gasteiger partial charge in [0.2, 0.25) is 0 Å². The lowest BCUT2D eigenvalue weighted by molar-refractivity contribution is 0.126. The first-order valence-corrected chi connectivity index (χ1v) is 6.04. The monoisotopic (exact) mass is 220 g/mol. The van der Waals surface area contributed by atoms with Crippen LogP contribution in [0, 0.1) is 12.8 Å². The minimum absolute atomic E-state index is 0.808. The Morgan fingerprint density at radius 2 is 2.31 bits per heavy atom. The van der Waals surface area contributed by atoms with Crippen molar-refractivity contribution in [1.29, 1.82) is 0 Å². The van der Waals surface area contributed by atoms with Crippen molar-refractivity contribution < 1.29 is 4.74 Å². The predicted molar refractivity (Wildman–Crippen MR) is 64.2 cm³/mol. The first-order chi connectivity index (χ1) is 7.84. The Morgan fingerprint density at radius 3 is 3.00 bits per heavy atom. The fourth-order valence-corrected chi connectivity index (χ4v) is 1.50. The van der Waals surface area contributed by atoms with Gasteiger partial charge >= 0.3 is 0 Å². The summed E-state index contributed by atoms with van der Waals surface area (Å²) < 4.78 is 5.53. The number of nitrogens with one attached hydrogen (secondary N) is 1. The van der Waals surface area contributed by atoms with Gasteiger partial charge in [-0.3, -0.25) is 4.98 Å². The molecule has 0 saturated heterocycles. The fraction of sp³-hybridized carbons (Fsp3) is 0.615. The molecular weight excluding hydrogens is 200 g/mol. The molecule has 3 heteroatoms. The van der Waals surface area contributed by atoms with E-state index in [2.05, 4.69) is 29.4 Å². The number of hydrogen-bond acceptors (Lipinski definition) is 3. The number of aryl methyl sites for hydroxylation is 1. The number of nitrogens with zero attached hydrogens (tertiary/aromatic N) is 1. The summed E-state index contributed by atoms with van der Waals surface area (Å²) in [6, 6.07) is 4.15. The molecular formula is C13H20N2O. The second-order valence-corrected chi connectivity index (χ2v) is 4.52. The second kappa shape index (κ2) is 5.97. The van der Waals surface area contributed by atoms with Crippen molar-refractivity contribution in [2.75, 3.05) is 19.8 Å². The number of aromatic nitrogens is 1. The Balaban J connectivity index is 1.51. The van der Waals surface area contributed by atoms with Gasteiger partial charge in [0.05, 0.1) is 12.3 Å². The van der Waals surface area contributed by atoms with Gasteiger partial charge in [0, 0.05) is 25.9 Å². The van der Waals surface area contributed by atoms with Gasteiger partial charge in [-0.1, -0.05) is 6.07 Å². The second-order valence-electron chi connectivity index (χ2n) is 4.52. The Hall–Kier alpha value is -0.930. The highest BCUT2D eigenvalue weighted by Gasteiger charge is 2.20. The van der Waals surface area contributed by atoms with E-state index in [9.17, 15) is 0 Å².